The van der Waals surface area contributed by atoms with Crippen LogP contribution in [0.1, 0.15) is 10.4 Å². The lowest BCUT2D eigenvalue weighted by atomic mass is 10.1. The highest BCUT2D eigenvalue weighted by molar-refractivity contribution is 5.97. The monoisotopic (exact) mass is 224 g/mol. The average molecular weight is 224 g/mol. The van der Waals surface area contributed by atoms with Gasteiger partial charge in [-0.1, -0.05) is 0 Å². The van der Waals surface area contributed by atoms with Crippen LogP contribution in [0.25, 0.3) is 0 Å². The number of hydrogen-bond donors (Lipinski definition) is 1. The Labute approximate surface area is 94.3 Å². The van der Waals surface area contributed by atoms with Crippen LogP contribution in [0, 0.1) is 7.05 Å². The molecule has 1 aromatic rings. The van der Waals surface area contributed by atoms with Crippen molar-refractivity contribution >= 4 is 5.91 Å². The first-order valence-electron chi connectivity index (χ1n) is 4.55. The summed E-state index contributed by atoms with van der Waals surface area (Å²) >= 11 is 0. The van der Waals surface area contributed by atoms with E-state index < -0.39 is 0 Å². The lowest BCUT2D eigenvalue weighted by Gasteiger charge is -2.12. The number of amides is 1. The van der Waals surface area contributed by atoms with Gasteiger partial charge in [-0.15, -0.1) is 0 Å². The first-order chi connectivity index (χ1) is 7.67. The van der Waals surface area contributed by atoms with Crippen LogP contribution >= 0.6 is 0 Å². The molecule has 0 saturated carbocycles. The summed E-state index contributed by atoms with van der Waals surface area (Å²) in [7, 11) is 7.79. The van der Waals surface area contributed by atoms with Crippen molar-refractivity contribution in [3.8, 4) is 17.2 Å². The number of carbonyl (C=O) groups excluding carboxylic acids is 1. The minimum Gasteiger partial charge on any atom is -0.496 e. The van der Waals surface area contributed by atoms with Crippen LogP contribution in [0.3, 0.4) is 0 Å². The van der Waals surface area contributed by atoms with Crippen molar-refractivity contribution in [2.24, 2.45) is 0 Å². The van der Waals surface area contributed by atoms with Gasteiger partial charge in [-0.3, -0.25) is 4.79 Å². The zero-order chi connectivity index (χ0) is 12.1. The minimum atomic E-state index is -0.349. The van der Waals surface area contributed by atoms with Crippen molar-refractivity contribution in [2.75, 3.05) is 21.3 Å². The molecule has 5 heteroatoms. The van der Waals surface area contributed by atoms with Crippen LogP contribution in [-0.2, 0) is 0 Å². The van der Waals surface area contributed by atoms with Gasteiger partial charge in [0.2, 0.25) is 0 Å². The maximum Gasteiger partial charge on any atom is 0.255 e. The summed E-state index contributed by atoms with van der Waals surface area (Å²) in [4.78, 5) is 11.5. The number of benzene rings is 1. The molecule has 16 heavy (non-hydrogen) atoms. The molecule has 5 nitrogen and oxygen atoms in total. The average Bonchev–Trinajstić information content (AvgIpc) is 2.35. The quantitative estimate of drug-likeness (QED) is 0.835. The Kier molecular flexibility index (Phi) is 3.99. The van der Waals surface area contributed by atoms with Crippen molar-refractivity contribution in [3.63, 3.8) is 0 Å². The Balaban J connectivity index is 3.31. The van der Waals surface area contributed by atoms with Gasteiger partial charge >= 0.3 is 0 Å². The summed E-state index contributed by atoms with van der Waals surface area (Å²) in [6.07, 6.45) is 0. The molecule has 0 saturated heterocycles. The van der Waals surface area contributed by atoms with E-state index in [-0.39, 0.29) is 5.91 Å². The van der Waals surface area contributed by atoms with Crippen LogP contribution in [0.4, 0.5) is 0 Å². The third kappa shape index (κ3) is 2.18. The van der Waals surface area contributed by atoms with E-state index in [0.29, 0.717) is 22.8 Å². The molecule has 0 aliphatic rings. The summed E-state index contributed by atoms with van der Waals surface area (Å²) < 4.78 is 15.3. The normalized spacial score (nSPS) is 9.50. The summed E-state index contributed by atoms with van der Waals surface area (Å²) in [5, 5.41) is 2.28. The summed E-state index contributed by atoms with van der Waals surface area (Å²) in [6, 6.07) is 3.13. The molecule has 0 atom stereocenters. The molecule has 1 radical (unpaired) electrons. The van der Waals surface area contributed by atoms with Gasteiger partial charge in [0, 0.05) is 19.2 Å². The lowest BCUT2D eigenvalue weighted by Crippen LogP contribution is -2.16. The first kappa shape index (κ1) is 12.2. The summed E-state index contributed by atoms with van der Waals surface area (Å²) in [5.41, 5.74) is 0.343. The second kappa shape index (κ2) is 5.25. The Bertz CT molecular complexity index is 390. The van der Waals surface area contributed by atoms with Gasteiger partial charge in [0.15, 0.2) is 11.5 Å². The first-order valence-corrected chi connectivity index (χ1v) is 4.55. The number of ether oxygens (including phenoxy) is 3. The second-order valence-corrected chi connectivity index (χ2v) is 2.91. The molecule has 0 aliphatic carbocycles. The molecule has 0 aliphatic heterocycles. The Hall–Kier alpha value is -1.91. The van der Waals surface area contributed by atoms with Crippen molar-refractivity contribution in [1.82, 2.24) is 5.32 Å². The molecule has 87 valence electrons. The molecule has 0 fully saturated rings. The molecular formula is C11H14NO4. The van der Waals surface area contributed by atoms with E-state index in [9.17, 15) is 4.79 Å². The van der Waals surface area contributed by atoms with Gasteiger partial charge in [-0.05, 0) is 0 Å². The Morgan fingerprint density at radius 1 is 1.06 bits per heavy atom. The van der Waals surface area contributed by atoms with Gasteiger partial charge in [-0.25, -0.2) is 0 Å². The van der Waals surface area contributed by atoms with Crippen LogP contribution in [0.2, 0.25) is 0 Å². The summed E-state index contributed by atoms with van der Waals surface area (Å²) in [5.74, 6) is 1.01. The van der Waals surface area contributed by atoms with E-state index in [1.54, 1.807) is 6.07 Å². The predicted octanol–water partition coefficient (Wildman–Crippen LogP) is 1.23. The van der Waals surface area contributed by atoms with E-state index >= 15 is 0 Å². The molecule has 0 heterocycles. The Morgan fingerprint density at radius 2 is 1.56 bits per heavy atom. The fourth-order valence-corrected chi connectivity index (χ4v) is 1.30. The van der Waals surface area contributed by atoms with Crippen LogP contribution < -0.4 is 19.5 Å². The van der Waals surface area contributed by atoms with Crippen molar-refractivity contribution in [2.45, 2.75) is 0 Å². The molecule has 1 amide bonds. The third-order valence-corrected chi connectivity index (χ3v) is 2.11. The van der Waals surface area contributed by atoms with E-state index in [0.717, 1.165) is 0 Å². The number of carbonyl (C=O) groups is 1. The molecule has 0 bridgehead atoms. The molecule has 0 aromatic heterocycles. The Morgan fingerprint density at radius 3 is 2.00 bits per heavy atom. The van der Waals surface area contributed by atoms with Gasteiger partial charge in [0.05, 0.1) is 26.9 Å². The fraction of sp³-hybridized carbons (Fsp3) is 0.273. The zero-order valence-electron chi connectivity index (χ0n) is 9.49. The van der Waals surface area contributed by atoms with Crippen LogP contribution in [-0.4, -0.2) is 27.2 Å². The van der Waals surface area contributed by atoms with Crippen molar-refractivity contribution in [1.29, 1.82) is 0 Å². The van der Waals surface area contributed by atoms with Crippen molar-refractivity contribution < 1.29 is 19.0 Å². The topological polar surface area (TPSA) is 56.8 Å². The van der Waals surface area contributed by atoms with Gasteiger partial charge in [0.1, 0.15) is 5.75 Å². The maximum absolute atomic E-state index is 11.5. The van der Waals surface area contributed by atoms with Gasteiger partial charge < -0.3 is 19.5 Å². The second-order valence-electron chi connectivity index (χ2n) is 2.91. The SMILES string of the molecule is [CH2]NC(=O)c1cc(OC)c(OC)cc1OC. The van der Waals surface area contributed by atoms with Gasteiger partial charge in [0.25, 0.3) is 5.91 Å². The number of nitrogens with one attached hydrogen (secondary N) is 1. The molecule has 0 spiro atoms. The molecule has 0 unspecified atom stereocenters. The number of methoxy groups -OCH3 is 3. The highest BCUT2D eigenvalue weighted by Gasteiger charge is 2.16. The van der Waals surface area contributed by atoms with Crippen LogP contribution in [0.15, 0.2) is 12.1 Å². The number of rotatable bonds is 4. The largest absolute Gasteiger partial charge is 0.496 e. The standard InChI is InChI=1S/C11H14NO4/c1-12-11(13)7-5-9(15-3)10(16-4)6-8(7)14-2/h5-6H,1H2,2-4H3,(H,12,13). The maximum atomic E-state index is 11.5. The minimum absolute atomic E-state index is 0.343. The third-order valence-electron chi connectivity index (χ3n) is 2.11. The zero-order valence-corrected chi connectivity index (χ0v) is 9.49. The van der Waals surface area contributed by atoms with E-state index in [2.05, 4.69) is 12.4 Å². The van der Waals surface area contributed by atoms with E-state index in [4.69, 9.17) is 14.2 Å². The molecule has 1 rings (SSSR count). The van der Waals surface area contributed by atoms with E-state index in [1.807, 2.05) is 0 Å². The molecular weight excluding hydrogens is 210 g/mol. The molecule has 1 aromatic carbocycles. The predicted molar refractivity (Wildman–Crippen MR) is 58.9 cm³/mol. The van der Waals surface area contributed by atoms with Crippen LogP contribution in [0.5, 0.6) is 17.2 Å². The number of hydrogen-bond acceptors (Lipinski definition) is 4. The lowest BCUT2D eigenvalue weighted by molar-refractivity contribution is 0.0965. The fourth-order valence-electron chi connectivity index (χ4n) is 1.30. The smallest absolute Gasteiger partial charge is 0.255 e. The van der Waals surface area contributed by atoms with E-state index in [1.165, 1.54) is 27.4 Å². The molecule has 1 N–H and O–H groups in total. The van der Waals surface area contributed by atoms with Gasteiger partial charge in [-0.2, -0.15) is 0 Å². The van der Waals surface area contributed by atoms with Crippen molar-refractivity contribution in [3.05, 3.63) is 24.7 Å². The summed E-state index contributed by atoms with van der Waals surface area (Å²) in [6.45, 7) is 0. The highest BCUT2D eigenvalue weighted by Crippen LogP contribution is 2.34. The highest BCUT2D eigenvalue weighted by atomic mass is 16.5.